The third-order valence-corrected chi connectivity index (χ3v) is 3.87. The van der Waals surface area contributed by atoms with Crippen LogP contribution in [0.1, 0.15) is 48.3 Å². The summed E-state index contributed by atoms with van der Waals surface area (Å²) in [6, 6.07) is 10.6. The maximum atomic E-state index is 12.0. The van der Waals surface area contributed by atoms with Gasteiger partial charge in [0, 0.05) is 12.1 Å². The van der Waals surface area contributed by atoms with Crippen LogP contribution in [0.15, 0.2) is 48.8 Å². The fourth-order valence-electron chi connectivity index (χ4n) is 2.54. The van der Waals surface area contributed by atoms with Crippen LogP contribution < -0.4 is 10.0 Å². The molecular formula is C20H24N2O4. The summed E-state index contributed by atoms with van der Waals surface area (Å²) in [5.41, 5.74) is 2.47. The van der Waals surface area contributed by atoms with Crippen molar-refractivity contribution in [3.8, 4) is 0 Å². The summed E-state index contributed by atoms with van der Waals surface area (Å²) in [6.45, 7) is 5.85. The quantitative estimate of drug-likeness (QED) is 0.469. The highest BCUT2D eigenvalue weighted by Gasteiger charge is 2.14. The van der Waals surface area contributed by atoms with E-state index < -0.39 is 5.97 Å². The van der Waals surface area contributed by atoms with E-state index in [2.05, 4.69) is 31.3 Å². The molecule has 0 bridgehead atoms. The molecule has 6 heteroatoms. The topological polar surface area (TPSA) is 82.3 Å². The number of nitrogens with zero attached hydrogens (tertiary/aromatic N) is 1. The van der Waals surface area contributed by atoms with Crippen LogP contribution in [-0.4, -0.2) is 18.5 Å². The van der Waals surface area contributed by atoms with E-state index in [0.29, 0.717) is 10.6 Å². The number of pyridine rings is 1. The van der Waals surface area contributed by atoms with Crippen LogP contribution in [0.2, 0.25) is 0 Å². The molecule has 0 unspecified atom stereocenters. The van der Waals surface area contributed by atoms with Gasteiger partial charge in [-0.2, -0.15) is 4.73 Å². The second-order valence-electron chi connectivity index (χ2n) is 6.65. The lowest BCUT2D eigenvalue weighted by Gasteiger charge is -2.15. The highest BCUT2D eigenvalue weighted by atomic mass is 16.5. The van der Waals surface area contributed by atoms with Gasteiger partial charge in [-0.1, -0.05) is 38.1 Å². The Morgan fingerprint density at radius 1 is 1.08 bits per heavy atom. The van der Waals surface area contributed by atoms with Crippen LogP contribution in [0, 0.1) is 11.1 Å². The number of rotatable bonds is 7. The van der Waals surface area contributed by atoms with Gasteiger partial charge in [-0.3, -0.25) is 4.79 Å². The summed E-state index contributed by atoms with van der Waals surface area (Å²) in [7, 11) is 0. The maximum Gasteiger partial charge on any atom is 0.339 e. The molecule has 1 amide bonds. The normalized spacial score (nSPS) is 11.8. The SMILES string of the molecule is CC(C)Cc1ccc([C@H](C)NC(=O)COC(=O)c2cc[n+]([O-])cc2)cc1. The van der Waals surface area contributed by atoms with E-state index in [9.17, 15) is 14.8 Å². The Morgan fingerprint density at radius 2 is 1.69 bits per heavy atom. The zero-order valence-corrected chi connectivity index (χ0v) is 15.3. The molecule has 0 spiro atoms. The van der Waals surface area contributed by atoms with Crippen LogP contribution >= 0.6 is 0 Å². The number of aromatic nitrogens is 1. The van der Waals surface area contributed by atoms with Gasteiger partial charge in [0.15, 0.2) is 19.0 Å². The number of hydrogen-bond donors (Lipinski definition) is 1. The van der Waals surface area contributed by atoms with Crippen LogP contribution in [0.5, 0.6) is 0 Å². The first-order valence-corrected chi connectivity index (χ1v) is 8.59. The molecule has 2 aromatic rings. The van der Waals surface area contributed by atoms with Crippen LogP contribution in [-0.2, 0) is 16.0 Å². The van der Waals surface area contributed by atoms with Crippen molar-refractivity contribution in [2.45, 2.75) is 33.2 Å². The van der Waals surface area contributed by atoms with Crippen molar-refractivity contribution in [1.82, 2.24) is 5.32 Å². The van der Waals surface area contributed by atoms with Crippen molar-refractivity contribution in [3.05, 3.63) is 70.7 Å². The molecule has 2 rings (SSSR count). The Balaban J connectivity index is 1.83. The first-order chi connectivity index (χ1) is 12.3. The Kier molecular flexibility index (Phi) is 6.72. The van der Waals surface area contributed by atoms with Crippen molar-refractivity contribution in [1.29, 1.82) is 0 Å². The Labute approximate surface area is 153 Å². The third-order valence-electron chi connectivity index (χ3n) is 3.87. The number of nitrogens with one attached hydrogen (secondary N) is 1. The highest BCUT2D eigenvalue weighted by Crippen LogP contribution is 2.15. The Hall–Kier alpha value is -2.89. The number of esters is 1. The predicted molar refractivity (Wildman–Crippen MR) is 97.2 cm³/mol. The van der Waals surface area contributed by atoms with Gasteiger partial charge in [0.05, 0.1) is 11.6 Å². The lowest BCUT2D eigenvalue weighted by Crippen LogP contribution is -2.31. The lowest BCUT2D eigenvalue weighted by atomic mass is 10.00. The molecule has 6 nitrogen and oxygen atoms in total. The Bertz CT molecular complexity index is 739. The number of ether oxygens (including phenoxy) is 1. The molecule has 1 aromatic carbocycles. The van der Waals surface area contributed by atoms with E-state index in [0.717, 1.165) is 12.0 Å². The van der Waals surface area contributed by atoms with Gasteiger partial charge in [-0.05, 0) is 30.4 Å². The van der Waals surface area contributed by atoms with Crippen molar-refractivity contribution in [2.24, 2.45) is 5.92 Å². The highest BCUT2D eigenvalue weighted by molar-refractivity contribution is 5.91. The van der Waals surface area contributed by atoms with Crippen molar-refractivity contribution < 1.29 is 19.1 Å². The number of carbonyl (C=O) groups excluding carboxylic acids is 2. The summed E-state index contributed by atoms with van der Waals surface area (Å²) >= 11 is 0. The number of benzene rings is 1. The molecular weight excluding hydrogens is 332 g/mol. The van der Waals surface area contributed by atoms with E-state index in [-0.39, 0.29) is 24.1 Å². The van der Waals surface area contributed by atoms with Crippen molar-refractivity contribution in [3.63, 3.8) is 0 Å². The maximum absolute atomic E-state index is 12.0. The zero-order chi connectivity index (χ0) is 19.1. The summed E-state index contributed by atoms with van der Waals surface area (Å²) in [5.74, 6) is -0.436. The molecule has 0 saturated heterocycles. The molecule has 0 fully saturated rings. The molecule has 1 N–H and O–H groups in total. The predicted octanol–water partition coefficient (Wildman–Crippen LogP) is 2.55. The van der Waals surface area contributed by atoms with E-state index in [1.165, 1.54) is 30.1 Å². The first-order valence-electron chi connectivity index (χ1n) is 8.59. The largest absolute Gasteiger partial charge is 0.619 e. The molecule has 0 aliphatic rings. The zero-order valence-electron chi connectivity index (χ0n) is 15.3. The summed E-state index contributed by atoms with van der Waals surface area (Å²) < 4.78 is 5.53. The molecule has 138 valence electrons. The average molecular weight is 356 g/mol. The minimum atomic E-state index is -0.647. The number of carbonyl (C=O) groups is 2. The third kappa shape index (κ3) is 5.88. The monoisotopic (exact) mass is 356 g/mol. The van der Waals surface area contributed by atoms with Gasteiger partial charge in [0.2, 0.25) is 0 Å². The molecule has 1 heterocycles. The van der Waals surface area contributed by atoms with Crippen LogP contribution in [0.25, 0.3) is 0 Å². The second kappa shape index (κ2) is 8.99. The lowest BCUT2D eigenvalue weighted by molar-refractivity contribution is -0.605. The smallest absolute Gasteiger partial charge is 0.339 e. The molecule has 0 saturated carbocycles. The summed E-state index contributed by atoms with van der Waals surface area (Å²) in [6.07, 6.45) is 3.41. The molecule has 26 heavy (non-hydrogen) atoms. The second-order valence-corrected chi connectivity index (χ2v) is 6.65. The van der Waals surface area contributed by atoms with Gasteiger partial charge in [-0.15, -0.1) is 0 Å². The van der Waals surface area contributed by atoms with Gasteiger partial charge >= 0.3 is 5.97 Å². The fourth-order valence-corrected chi connectivity index (χ4v) is 2.54. The summed E-state index contributed by atoms with van der Waals surface area (Å²) in [5, 5.41) is 13.7. The molecule has 0 aliphatic heterocycles. The first kappa shape index (κ1) is 19.4. The van der Waals surface area contributed by atoms with Crippen molar-refractivity contribution >= 4 is 11.9 Å². The van der Waals surface area contributed by atoms with Gasteiger partial charge in [-0.25, -0.2) is 4.79 Å². The minimum absolute atomic E-state index is 0.189. The van der Waals surface area contributed by atoms with E-state index >= 15 is 0 Å². The summed E-state index contributed by atoms with van der Waals surface area (Å²) in [4.78, 5) is 23.8. The van der Waals surface area contributed by atoms with Crippen LogP contribution in [0.3, 0.4) is 0 Å². The molecule has 0 aliphatic carbocycles. The van der Waals surface area contributed by atoms with Crippen LogP contribution in [0.4, 0.5) is 0 Å². The van der Waals surface area contributed by atoms with Gasteiger partial charge in [0.25, 0.3) is 5.91 Å². The van der Waals surface area contributed by atoms with E-state index in [1.54, 1.807) is 0 Å². The number of hydrogen-bond acceptors (Lipinski definition) is 4. The van der Waals surface area contributed by atoms with Gasteiger partial charge < -0.3 is 15.3 Å². The van der Waals surface area contributed by atoms with Gasteiger partial charge in [0.1, 0.15) is 0 Å². The van der Waals surface area contributed by atoms with E-state index in [4.69, 9.17) is 4.74 Å². The van der Waals surface area contributed by atoms with Crippen molar-refractivity contribution in [2.75, 3.05) is 6.61 Å². The van der Waals surface area contributed by atoms with E-state index in [1.807, 2.05) is 19.1 Å². The molecule has 1 aromatic heterocycles. The number of amides is 1. The molecule has 1 atom stereocenters. The molecule has 0 radical (unpaired) electrons. The average Bonchev–Trinajstić information content (AvgIpc) is 2.60. The standard InChI is InChI=1S/C20H24N2O4/c1-14(2)12-16-4-6-17(7-5-16)15(3)21-19(23)13-26-20(24)18-8-10-22(25)11-9-18/h4-11,14-15H,12-13H2,1-3H3,(H,21,23)/t15-/m0/s1. The fraction of sp³-hybridized carbons (Fsp3) is 0.350. The minimum Gasteiger partial charge on any atom is -0.619 e. The Morgan fingerprint density at radius 3 is 2.27 bits per heavy atom.